The molecule has 1 rings (SSSR count). The Morgan fingerprint density at radius 1 is 1.50 bits per heavy atom. The quantitative estimate of drug-likeness (QED) is 0.599. The lowest BCUT2D eigenvalue weighted by molar-refractivity contribution is 0.0150. The number of aliphatic hydroxyl groups excluding tert-OH is 1. The van der Waals surface area contributed by atoms with E-state index in [2.05, 4.69) is 17.0 Å². The highest BCUT2D eigenvalue weighted by molar-refractivity contribution is 5.57. The Balaban J connectivity index is 0.000000281. The Kier molecular flexibility index (Phi) is 5.75. The van der Waals surface area contributed by atoms with Gasteiger partial charge in [0.15, 0.2) is 0 Å². The van der Waals surface area contributed by atoms with Crippen molar-refractivity contribution in [2.75, 3.05) is 13.2 Å². The van der Waals surface area contributed by atoms with Gasteiger partial charge in [0, 0.05) is 5.54 Å². The minimum atomic E-state index is -1.22. The summed E-state index contributed by atoms with van der Waals surface area (Å²) in [7, 11) is 0. The summed E-state index contributed by atoms with van der Waals surface area (Å²) in [4.78, 5) is 9.79. The van der Waals surface area contributed by atoms with E-state index in [0.29, 0.717) is 0 Å². The predicted octanol–water partition coefficient (Wildman–Crippen LogP) is 1.60. The first-order chi connectivity index (χ1) is 7.18. The third-order valence-corrected chi connectivity index (χ3v) is 2.20. The van der Waals surface area contributed by atoms with Crippen LogP contribution in [-0.2, 0) is 4.74 Å². The number of ether oxygens (including phenoxy) is 1. The molecule has 5 heteroatoms. The van der Waals surface area contributed by atoms with Gasteiger partial charge >= 0.3 is 6.16 Å². The van der Waals surface area contributed by atoms with E-state index in [4.69, 9.17) is 10.2 Å². The summed E-state index contributed by atoms with van der Waals surface area (Å²) in [5, 5.41) is 20.0. The summed E-state index contributed by atoms with van der Waals surface area (Å²) < 4.78 is 4.35. The van der Waals surface area contributed by atoms with Crippen LogP contribution in [0.15, 0.2) is 0 Å². The van der Waals surface area contributed by atoms with Crippen LogP contribution in [0.4, 0.5) is 4.79 Å². The monoisotopic (exact) mass is 233 g/mol. The first-order valence-electron chi connectivity index (χ1n) is 5.46. The van der Waals surface area contributed by atoms with Crippen LogP contribution in [0.25, 0.3) is 0 Å². The van der Waals surface area contributed by atoms with Gasteiger partial charge in [-0.25, -0.2) is 4.79 Å². The fraction of sp³-hybridized carbons (Fsp3) is 0.909. The van der Waals surface area contributed by atoms with Crippen molar-refractivity contribution in [1.82, 2.24) is 5.32 Å². The Morgan fingerprint density at radius 2 is 2.06 bits per heavy atom. The van der Waals surface area contributed by atoms with Crippen molar-refractivity contribution in [2.45, 2.75) is 51.7 Å². The summed E-state index contributed by atoms with van der Waals surface area (Å²) in [6, 6.07) is 0. The van der Waals surface area contributed by atoms with Gasteiger partial charge in [-0.05, 0) is 47.1 Å². The second kappa shape index (κ2) is 6.06. The highest BCUT2D eigenvalue weighted by atomic mass is 16.7. The number of aliphatic hydroxyl groups is 1. The molecular weight excluding hydrogens is 210 g/mol. The standard InChI is InChI=1S/C6H13NO.C5H10O3/c1-6(5-8)3-2-4-7-6;1-5(2,3)8-4(6)7/h7-8H,2-5H2,1H3;1-3H3,(H,6,7). The van der Waals surface area contributed by atoms with E-state index in [1.54, 1.807) is 20.8 Å². The molecule has 0 radical (unpaired) electrons. The molecule has 0 bridgehead atoms. The second-order valence-corrected chi connectivity index (χ2v) is 5.23. The molecule has 0 aliphatic carbocycles. The second-order valence-electron chi connectivity index (χ2n) is 5.23. The van der Waals surface area contributed by atoms with Gasteiger partial charge in [0.2, 0.25) is 0 Å². The van der Waals surface area contributed by atoms with Gasteiger partial charge in [-0.2, -0.15) is 0 Å². The molecule has 0 aromatic rings. The Bertz CT molecular complexity index is 217. The average Bonchev–Trinajstić information content (AvgIpc) is 2.50. The van der Waals surface area contributed by atoms with Crippen LogP contribution in [0, 0.1) is 0 Å². The fourth-order valence-corrected chi connectivity index (χ4v) is 1.35. The minimum absolute atomic E-state index is 0.0417. The Hall–Kier alpha value is -0.810. The molecule has 1 saturated heterocycles. The molecule has 96 valence electrons. The van der Waals surface area contributed by atoms with E-state index in [0.717, 1.165) is 13.0 Å². The van der Waals surface area contributed by atoms with E-state index in [-0.39, 0.29) is 12.1 Å². The smallest absolute Gasteiger partial charge is 0.450 e. The van der Waals surface area contributed by atoms with E-state index >= 15 is 0 Å². The summed E-state index contributed by atoms with van der Waals surface area (Å²) in [5.74, 6) is 0. The number of rotatable bonds is 1. The van der Waals surface area contributed by atoms with E-state index in [9.17, 15) is 4.79 Å². The van der Waals surface area contributed by atoms with E-state index in [1.165, 1.54) is 6.42 Å². The molecule has 5 nitrogen and oxygen atoms in total. The van der Waals surface area contributed by atoms with Gasteiger partial charge in [-0.1, -0.05) is 0 Å². The van der Waals surface area contributed by atoms with Gasteiger partial charge in [0.05, 0.1) is 6.61 Å². The average molecular weight is 233 g/mol. The third-order valence-electron chi connectivity index (χ3n) is 2.20. The lowest BCUT2D eigenvalue weighted by atomic mass is 10.0. The van der Waals surface area contributed by atoms with E-state index < -0.39 is 11.8 Å². The number of hydrogen-bond acceptors (Lipinski definition) is 4. The van der Waals surface area contributed by atoms with Crippen LogP contribution in [0.3, 0.4) is 0 Å². The maximum Gasteiger partial charge on any atom is 0.506 e. The molecule has 1 unspecified atom stereocenters. The lowest BCUT2D eigenvalue weighted by Crippen LogP contribution is -2.39. The maximum atomic E-state index is 9.79. The van der Waals surface area contributed by atoms with Crippen molar-refractivity contribution in [3.63, 3.8) is 0 Å². The van der Waals surface area contributed by atoms with Crippen LogP contribution in [0.1, 0.15) is 40.5 Å². The summed E-state index contributed by atoms with van der Waals surface area (Å²) >= 11 is 0. The molecule has 0 amide bonds. The van der Waals surface area contributed by atoms with Crippen LogP contribution in [0.5, 0.6) is 0 Å². The van der Waals surface area contributed by atoms with Crippen molar-refractivity contribution in [2.24, 2.45) is 0 Å². The molecule has 0 saturated carbocycles. The molecule has 0 aromatic carbocycles. The molecule has 1 fully saturated rings. The zero-order valence-electron chi connectivity index (χ0n) is 10.5. The zero-order chi connectivity index (χ0) is 12.8. The maximum absolute atomic E-state index is 9.79. The highest BCUT2D eigenvalue weighted by Crippen LogP contribution is 2.16. The number of hydrogen-bond donors (Lipinski definition) is 3. The van der Waals surface area contributed by atoms with Crippen molar-refractivity contribution < 1.29 is 19.7 Å². The Labute approximate surface area is 96.8 Å². The topological polar surface area (TPSA) is 78.8 Å². The first-order valence-corrected chi connectivity index (χ1v) is 5.46. The normalized spacial score (nSPS) is 24.6. The molecule has 1 atom stereocenters. The molecule has 1 aliphatic rings. The summed E-state index contributed by atoms with van der Waals surface area (Å²) in [6.07, 6.45) is 1.10. The van der Waals surface area contributed by atoms with Gasteiger partial charge in [0.1, 0.15) is 5.60 Å². The molecule has 1 heterocycles. The van der Waals surface area contributed by atoms with E-state index in [1.807, 2.05) is 0 Å². The minimum Gasteiger partial charge on any atom is -0.450 e. The third kappa shape index (κ3) is 7.48. The summed E-state index contributed by atoms with van der Waals surface area (Å²) in [6.45, 7) is 8.44. The number of carbonyl (C=O) groups is 1. The molecule has 16 heavy (non-hydrogen) atoms. The SMILES string of the molecule is CC(C)(C)OC(=O)O.CC1(CO)CCCN1. The lowest BCUT2D eigenvalue weighted by Gasteiger charge is -2.19. The van der Waals surface area contributed by atoms with Crippen molar-refractivity contribution in [3.8, 4) is 0 Å². The van der Waals surface area contributed by atoms with Crippen molar-refractivity contribution in [3.05, 3.63) is 0 Å². The zero-order valence-corrected chi connectivity index (χ0v) is 10.5. The van der Waals surface area contributed by atoms with Crippen LogP contribution in [0.2, 0.25) is 0 Å². The first kappa shape index (κ1) is 15.2. The largest absolute Gasteiger partial charge is 0.506 e. The van der Waals surface area contributed by atoms with Gasteiger partial charge < -0.3 is 20.3 Å². The molecular formula is C11H23NO4. The van der Waals surface area contributed by atoms with Crippen LogP contribution >= 0.6 is 0 Å². The molecule has 3 N–H and O–H groups in total. The summed E-state index contributed by atoms with van der Waals surface area (Å²) in [5.41, 5.74) is -0.536. The van der Waals surface area contributed by atoms with Crippen molar-refractivity contribution >= 4 is 6.16 Å². The van der Waals surface area contributed by atoms with Crippen molar-refractivity contribution in [1.29, 1.82) is 0 Å². The highest BCUT2D eigenvalue weighted by Gasteiger charge is 2.26. The van der Waals surface area contributed by atoms with Gasteiger partial charge in [0.25, 0.3) is 0 Å². The fourth-order valence-electron chi connectivity index (χ4n) is 1.35. The number of carboxylic acid groups (broad SMARTS) is 1. The van der Waals surface area contributed by atoms with Gasteiger partial charge in [-0.3, -0.25) is 0 Å². The van der Waals surface area contributed by atoms with Crippen LogP contribution < -0.4 is 5.32 Å². The molecule has 0 aromatic heterocycles. The predicted molar refractivity (Wildman–Crippen MR) is 61.6 cm³/mol. The number of nitrogens with one attached hydrogen (secondary N) is 1. The van der Waals surface area contributed by atoms with Crippen LogP contribution in [-0.4, -0.2) is 40.7 Å². The Morgan fingerprint density at radius 3 is 2.19 bits per heavy atom. The van der Waals surface area contributed by atoms with Gasteiger partial charge in [-0.15, -0.1) is 0 Å². The molecule has 1 aliphatic heterocycles. The molecule has 0 spiro atoms.